The number of hydrogen-bond acceptors (Lipinski definition) is 4. The van der Waals surface area contributed by atoms with Crippen LogP contribution in [0.2, 0.25) is 0 Å². The maximum atomic E-state index is 10.5. The lowest BCUT2D eigenvalue weighted by atomic mass is 10.4. The molecule has 3 N–H and O–H groups in total. The van der Waals surface area contributed by atoms with Crippen molar-refractivity contribution in [1.29, 1.82) is 0 Å². The monoisotopic (exact) mass is 286 g/mol. The highest BCUT2D eigenvalue weighted by atomic mass is 32.9. The van der Waals surface area contributed by atoms with Gasteiger partial charge in [-0.3, -0.25) is 0 Å². The van der Waals surface area contributed by atoms with Crippen molar-refractivity contribution >= 4 is 36.7 Å². The largest absolute Gasteiger partial charge is 0.475 e. The summed E-state index contributed by atoms with van der Waals surface area (Å²) in [6, 6.07) is 8.52. The molecule has 0 aromatic heterocycles. The van der Waals surface area contributed by atoms with Crippen LogP contribution in [0.25, 0.3) is 0 Å². The molecule has 1 rings (SSSR count). The molecule has 1 aromatic carbocycles. The predicted octanol–water partition coefficient (Wildman–Crippen LogP) is 2.10. The Labute approximate surface area is 95.6 Å². The smallest absolute Gasteiger partial charge is 0.337 e. The van der Waals surface area contributed by atoms with E-state index in [1.165, 1.54) is 0 Å². The molecule has 0 bridgehead atoms. The highest BCUT2D eigenvalue weighted by molar-refractivity contribution is 8.68. The number of phosphoric acid groups is 1. The summed E-state index contributed by atoms with van der Waals surface area (Å²) in [6.07, 6.45) is 0. The van der Waals surface area contributed by atoms with Crippen molar-refractivity contribution in [2.45, 2.75) is 4.90 Å². The Morgan fingerprint density at radius 2 is 1.73 bits per heavy atom. The number of hydrogen-bond donors (Lipinski definition) is 3. The zero-order valence-corrected chi connectivity index (χ0v) is 10.7. The van der Waals surface area contributed by atoms with Gasteiger partial charge in [0.05, 0.1) is 0 Å². The Bertz CT molecular complexity index is 417. The molecular formula is C6H8O5P2S2. The standard InChI is InChI=1S/C6H8O5P2S2/c7-12(8,9)11-13(10,14)15-6-4-2-1-3-5-6/h1-5H,(H,10,14)(H2,7,8,9). The van der Waals surface area contributed by atoms with Crippen molar-refractivity contribution < 1.29 is 23.6 Å². The maximum Gasteiger partial charge on any atom is 0.475 e. The molecular weight excluding hydrogens is 278 g/mol. The molecule has 1 atom stereocenters. The van der Waals surface area contributed by atoms with E-state index in [-0.39, 0.29) is 0 Å². The molecule has 84 valence electrons. The fraction of sp³-hybridized carbons (Fsp3) is 0. The number of benzene rings is 1. The van der Waals surface area contributed by atoms with E-state index in [1.807, 2.05) is 0 Å². The minimum atomic E-state index is -4.75. The van der Waals surface area contributed by atoms with Gasteiger partial charge in [-0.05, 0) is 35.3 Å². The van der Waals surface area contributed by atoms with Crippen LogP contribution in [0.4, 0.5) is 0 Å². The molecule has 0 heterocycles. The van der Waals surface area contributed by atoms with Crippen LogP contribution < -0.4 is 0 Å². The van der Waals surface area contributed by atoms with Crippen LogP contribution in [0.15, 0.2) is 35.2 Å². The van der Waals surface area contributed by atoms with E-state index in [4.69, 9.17) is 9.79 Å². The third-order valence-corrected chi connectivity index (χ3v) is 6.76. The van der Waals surface area contributed by atoms with Gasteiger partial charge >= 0.3 is 7.82 Å². The van der Waals surface area contributed by atoms with Crippen LogP contribution in [0, 0.1) is 0 Å². The first-order valence-electron chi connectivity index (χ1n) is 3.63. The topological polar surface area (TPSA) is 87.0 Å². The van der Waals surface area contributed by atoms with Gasteiger partial charge in [0.1, 0.15) is 0 Å². The summed E-state index contributed by atoms with van der Waals surface area (Å²) in [6.45, 7) is 0. The highest BCUT2D eigenvalue weighted by Crippen LogP contribution is 2.67. The molecule has 0 aliphatic rings. The van der Waals surface area contributed by atoms with Crippen LogP contribution in [0.1, 0.15) is 0 Å². The first-order chi connectivity index (χ1) is 6.79. The molecule has 0 amide bonds. The summed E-state index contributed by atoms with van der Waals surface area (Å²) >= 11 is 5.33. The van der Waals surface area contributed by atoms with Crippen LogP contribution in [0.3, 0.4) is 0 Å². The molecule has 0 fully saturated rings. The molecule has 0 saturated carbocycles. The van der Waals surface area contributed by atoms with E-state index in [0.29, 0.717) is 4.90 Å². The third kappa shape index (κ3) is 5.80. The van der Waals surface area contributed by atoms with Crippen LogP contribution in [-0.2, 0) is 20.7 Å². The Morgan fingerprint density at radius 3 is 2.20 bits per heavy atom. The van der Waals surface area contributed by atoms with Crippen molar-refractivity contribution in [3.63, 3.8) is 0 Å². The average Bonchev–Trinajstić information content (AvgIpc) is 1.99. The maximum absolute atomic E-state index is 10.5. The van der Waals surface area contributed by atoms with Crippen molar-refractivity contribution in [3.8, 4) is 0 Å². The Hall–Kier alpha value is 0.290. The van der Waals surface area contributed by atoms with E-state index in [1.54, 1.807) is 30.3 Å². The van der Waals surface area contributed by atoms with E-state index in [2.05, 4.69) is 16.1 Å². The summed E-state index contributed by atoms with van der Waals surface area (Å²) in [4.78, 5) is 27.1. The van der Waals surface area contributed by atoms with E-state index >= 15 is 0 Å². The second kappa shape index (κ2) is 5.08. The van der Waals surface area contributed by atoms with Crippen molar-refractivity contribution in [3.05, 3.63) is 30.3 Å². The fourth-order valence-electron chi connectivity index (χ4n) is 0.766. The predicted molar refractivity (Wildman–Crippen MR) is 61.9 cm³/mol. The molecule has 0 saturated heterocycles. The lowest BCUT2D eigenvalue weighted by Gasteiger charge is -2.14. The molecule has 9 heteroatoms. The zero-order chi connectivity index (χ0) is 11.5. The van der Waals surface area contributed by atoms with E-state index in [0.717, 1.165) is 11.4 Å². The van der Waals surface area contributed by atoms with Crippen molar-refractivity contribution in [2.24, 2.45) is 0 Å². The van der Waals surface area contributed by atoms with Gasteiger partial charge in [-0.2, -0.15) is 0 Å². The van der Waals surface area contributed by atoms with Crippen molar-refractivity contribution in [1.82, 2.24) is 0 Å². The van der Waals surface area contributed by atoms with Gasteiger partial charge in [0.2, 0.25) is 0 Å². The molecule has 1 unspecified atom stereocenters. The molecule has 0 aliphatic carbocycles. The van der Waals surface area contributed by atoms with Crippen LogP contribution in [0.5, 0.6) is 0 Å². The second-order valence-corrected chi connectivity index (χ2v) is 9.88. The lowest BCUT2D eigenvalue weighted by molar-refractivity contribution is 0.285. The Kier molecular flexibility index (Phi) is 4.52. The van der Waals surface area contributed by atoms with Gasteiger partial charge < -0.3 is 14.7 Å². The minimum Gasteiger partial charge on any atom is -0.337 e. The van der Waals surface area contributed by atoms with Crippen LogP contribution in [-0.4, -0.2) is 14.7 Å². The molecule has 15 heavy (non-hydrogen) atoms. The summed E-state index contributed by atoms with van der Waals surface area (Å²) in [5.74, 6) is 0. The molecule has 0 aliphatic heterocycles. The highest BCUT2D eigenvalue weighted by Gasteiger charge is 2.27. The minimum absolute atomic E-state index is 0.594. The molecule has 0 radical (unpaired) electrons. The zero-order valence-electron chi connectivity index (χ0n) is 7.26. The normalized spacial score (nSPS) is 15.9. The molecule has 1 aromatic rings. The van der Waals surface area contributed by atoms with Gasteiger partial charge in [0, 0.05) is 4.90 Å². The molecule has 5 nitrogen and oxygen atoms in total. The second-order valence-electron chi connectivity index (χ2n) is 2.45. The van der Waals surface area contributed by atoms with Gasteiger partial charge in [-0.15, -0.1) is 0 Å². The van der Waals surface area contributed by atoms with Crippen LogP contribution >= 0.6 is 24.9 Å². The van der Waals surface area contributed by atoms with Gasteiger partial charge in [0.25, 0.3) is 5.69 Å². The summed E-state index contributed by atoms with van der Waals surface area (Å²) in [5, 5.41) is 0. The Balaban J connectivity index is 2.74. The number of rotatable bonds is 4. The SMILES string of the molecule is O=P(O)(O)OP(O)(=S)Sc1ccccc1. The van der Waals surface area contributed by atoms with E-state index < -0.39 is 13.5 Å². The lowest BCUT2D eigenvalue weighted by Crippen LogP contribution is -1.83. The Morgan fingerprint density at radius 1 is 1.20 bits per heavy atom. The summed E-state index contributed by atoms with van der Waals surface area (Å²) in [5.41, 5.74) is -3.55. The summed E-state index contributed by atoms with van der Waals surface area (Å²) in [7, 11) is -4.75. The summed E-state index contributed by atoms with van der Waals surface area (Å²) < 4.78 is 14.6. The van der Waals surface area contributed by atoms with Crippen molar-refractivity contribution in [2.75, 3.05) is 0 Å². The average molecular weight is 286 g/mol. The third-order valence-electron chi connectivity index (χ3n) is 1.17. The van der Waals surface area contributed by atoms with Gasteiger partial charge in [-0.1, -0.05) is 18.2 Å². The van der Waals surface area contributed by atoms with Gasteiger partial charge in [-0.25, -0.2) is 8.88 Å². The first kappa shape index (κ1) is 13.4. The molecule has 0 spiro atoms. The van der Waals surface area contributed by atoms with Gasteiger partial charge in [0.15, 0.2) is 0 Å². The first-order valence-corrected chi connectivity index (χ1v) is 9.25. The van der Waals surface area contributed by atoms with E-state index in [9.17, 15) is 9.46 Å². The fourth-order valence-corrected chi connectivity index (χ4v) is 6.32. The quantitative estimate of drug-likeness (QED) is 0.730.